The summed E-state index contributed by atoms with van der Waals surface area (Å²) in [6, 6.07) is 15.6. The molecule has 58 heavy (non-hydrogen) atoms. The number of hydrogen-bond donors (Lipinski definition) is 2. The number of piperazine rings is 2. The van der Waals surface area contributed by atoms with E-state index in [-0.39, 0.29) is 31.0 Å². The standard InChI is InChI=1S/C42H47ClN10O5/c1-26-24-52(27(2)23-51(26)32-5-3-29(21-44)35(43)20-32)42(58)46-30-4-9-37(45-22-30)50-13-11-28(12-14-50)25-48-15-17-49(18-16-48)31-6-7-33-34(19-31)41(57)53(40(33)56)36-8-10-38(54)47-39(36)55/h3-7,9,19-20,22,26-28,36H,8,10-18,23-25H2,1-2H3,(H,46,58)(H,47,54,55)/t26-,27+,36-/m0/s1. The van der Waals surface area contributed by atoms with Crippen LogP contribution in [0.1, 0.15) is 65.8 Å². The number of nitriles is 1. The maximum Gasteiger partial charge on any atom is 0.322 e. The molecule has 1 aromatic heterocycles. The van der Waals surface area contributed by atoms with Crippen LogP contribution in [0.5, 0.6) is 0 Å². The number of urea groups is 1. The minimum absolute atomic E-state index is 0.0469. The summed E-state index contributed by atoms with van der Waals surface area (Å²) >= 11 is 6.30. The number of fused-ring (bicyclic) bond motifs is 1. The fourth-order valence-corrected chi connectivity index (χ4v) is 9.16. The summed E-state index contributed by atoms with van der Waals surface area (Å²) < 4.78 is 0. The van der Waals surface area contributed by atoms with Crippen LogP contribution in [-0.4, -0.2) is 126 Å². The number of aromatic nitrogens is 1. The second-order valence-electron chi connectivity index (χ2n) is 16.0. The van der Waals surface area contributed by atoms with Crippen LogP contribution in [0.25, 0.3) is 0 Å². The molecule has 4 fully saturated rings. The predicted molar refractivity (Wildman–Crippen MR) is 219 cm³/mol. The summed E-state index contributed by atoms with van der Waals surface area (Å²) in [6.45, 7) is 11.5. The van der Waals surface area contributed by atoms with Gasteiger partial charge in [0.25, 0.3) is 11.8 Å². The topological polar surface area (TPSA) is 166 Å². The lowest BCUT2D eigenvalue weighted by Crippen LogP contribution is -2.59. The van der Waals surface area contributed by atoms with Crippen molar-refractivity contribution in [2.24, 2.45) is 5.92 Å². The maximum atomic E-state index is 13.4. The fourth-order valence-electron chi connectivity index (χ4n) is 8.94. The normalized spacial score (nSPS) is 23.2. The molecule has 15 nitrogen and oxygen atoms in total. The third kappa shape index (κ3) is 7.78. The van der Waals surface area contributed by atoms with Crippen molar-refractivity contribution in [2.75, 3.05) is 78.9 Å². The number of hydrogen-bond acceptors (Lipinski definition) is 11. The van der Waals surface area contributed by atoms with Crippen LogP contribution in [0.15, 0.2) is 54.7 Å². The molecule has 0 radical (unpaired) electrons. The van der Waals surface area contributed by atoms with Gasteiger partial charge >= 0.3 is 6.03 Å². The first-order valence-electron chi connectivity index (χ1n) is 20.0. The number of carbonyl (C=O) groups is 5. The molecule has 16 heteroatoms. The van der Waals surface area contributed by atoms with Crippen LogP contribution < -0.4 is 25.3 Å². The van der Waals surface area contributed by atoms with Crippen molar-refractivity contribution in [3.05, 3.63) is 76.4 Å². The average Bonchev–Trinajstić information content (AvgIpc) is 3.47. The van der Waals surface area contributed by atoms with E-state index in [1.165, 1.54) is 0 Å². The molecule has 5 aliphatic rings. The van der Waals surface area contributed by atoms with Crippen molar-refractivity contribution < 1.29 is 24.0 Å². The van der Waals surface area contributed by atoms with Crippen LogP contribution in [0, 0.1) is 17.2 Å². The Hall–Kier alpha value is -5.72. The first kappa shape index (κ1) is 39.1. The van der Waals surface area contributed by atoms with Gasteiger partial charge in [0.1, 0.15) is 17.9 Å². The molecular formula is C42H47ClN10O5. The van der Waals surface area contributed by atoms with Gasteiger partial charge in [-0.05, 0) is 87.6 Å². The third-order valence-corrected chi connectivity index (χ3v) is 12.6. The summed E-state index contributed by atoms with van der Waals surface area (Å²) in [7, 11) is 0. The number of benzene rings is 2. The van der Waals surface area contributed by atoms with Crippen molar-refractivity contribution in [1.29, 1.82) is 5.26 Å². The van der Waals surface area contributed by atoms with Crippen molar-refractivity contribution in [2.45, 2.75) is 57.7 Å². The van der Waals surface area contributed by atoms with Gasteiger partial charge in [-0.3, -0.25) is 34.3 Å². The Morgan fingerprint density at radius 3 is 2.29 bits per heavy atom. The molecule has 4 saturated heterocycles. The van der Waals surface area contributed by atoms with Crippen LogP contribution in [0.4, 0.5) is 27.7 Å². The molecule has 0 unspecified atom stereocenters. The average molecular weight is 807 g/mol. The van der Waals surface area contributed by atoms with Crippen LogP contribution in [0.2, 0.25) is 5.02 Å². The minimum Gasteiger partial charge on any atom is -0.369 e. The molecule has 6 heterocycles. The number of anilines is 4. The zero-order valence-corrected chi connectivity index (χ0v) is 33.5. The van der Waals surface area contributed by atoms with Crippen molar-refractivity contribution in [1.82, 2.24) is 25.0 Å². The number of carbonyl (C=O) groups excluding carboxylic acids is 5. The smallest absolute Gasteiger partial charge is 0.322 e. The van der Waals surface area contributed by atoms with Crippen molar-refractivity contribution >= 4 is 64.1 Å². The SMILES string of the molecule is C[C@@H]1CN(c2ccc(C#N)c(Cl)c2)[C@@H](C)CN1C(=O)Nc1ccc(N2CCC(CN3CCN(c4ccc5c(c4)C(=O)N([C@H]4CCC(=O)NC4=O)C5=O)CC3)CC2)nc1. The van der Waals surface area contributed by atoms with Crippen LogP contribution in [0.3, 0.4) is 0 Å². The van der Waals surface area contributed by atoms with E-state index < -0.39 is 29.7 Å². The highest BCUT2D eigenvalue weighted by Gasteiger charge is 2.45. The van der Waals surface area contributed by atoms with Gasteiger partial charge in [0, 0.05) is 88.8 Å². The molecule has 302 valence electrons. The number of amides is 6. The zero-order chi connectivity index (χ0) is 40.7. The van der Waals surface area contributed by atoms with Gasteiger partial charge in [0.2, 0.25) is 11.8 Å². The summed E-state index contributed by atoms with van der Waals surface area (Å²) in [6.07, 6.45) is 4.07. The number of pyridine rings is 1. The van der Waals surface area contributed by atoms with E-state index in [0.29, 0.717) is 46.4 Å². The highest BCUT2D eigenvalue weighted by molar-refractivity contribution is 6.32. The molecule has 6 amide bonds. The molecule has 0 saturated carbocycles. The highest BCUT2D eigenvalue weighted by atomic mass is 35.5. The molecule has 3 atom stereocenters. The van der Waals surface area contributed by atoms with E-state index in [4.69, 9.17) is 16.6 Å². The van der Waals surface area contributed by atoms with E-state index in [9.17, 15) is 29.2 Å². The minimum atomic E-state index is -0.975. The summed E-state index contributed by atoms with van der Waals surface area (Å²) in [5.74, 6) is -0.511. The Labute approximate surface area is 342 Å². The molecular weight excluding hydrogens is 760 g/mol. The number of rotatable bonds is 7. The summed E-state index contributed by atoms with van der Waals surface area (Å²) in [5, 5.41) is 14.9. The van der Waals surface area contributed by atoms with Gasteiger partial charge in [-0.15, -0.1) is 0 Å². The second kappa shape index (κ2) is 16.3. The molecule has 0 bridgehead atoms. The molecule has 5 aliphatic heterocycles. The second-order valence-corrected chi connectivity index (χ2v) is 16.4. The number of piperidine rings is 2. The molecule has 0 spiro atoms. The van der Waals surface area contributed by atoms with E-state index in [0.717, 1.165) is 80.7 Å². The van der Waals surface area contributed by atoms with Gasteiger partial charge in [0.05, 0.1) is 33.6 Å². The summed E-state index contributed by atoms with van der Waals surface area (Å²) in [4.78, 5) is 80.7. The molecule has 0 aliphatic carbocycles. The van der Waals surface area contributed by atoms with Crippen molar-refractivity contribution in [3.8, 4) is 6.07 Å². The Balaban J connectivity index is 0.777. The van der Waals surface area contributed by atoms with Gasteiger partial charge in [-0.1, -0.05) is 11.6 Å². The van der Waals surface area contributed by atoms with Gasteiger partial charge in [-0.2, -0.15) is 5.26 Å². The molecule has 2 aromatic carbocycles. The van der Waals surface area contributed by atoms with Gasteiger partial charge in [-0.25, -0.2) is 9.78 Å². The lowest BCUT2D eigenvalue weighted by atomic mass is 9.96. The Morgan fingerprint density at radius 2 is 1.60 bits per heavy atom. The number of imide groups is 2. The lowest BCUT2D eigenvalue weighted by Gasteiger charge is -2.45. The zero-order valence-electron chi connectivity index (χ0n) is 32.7. The van der Waals surface area contributed by atoms with E-state index in [1.54, 1.807) is 24.4 Å². The largest absolute Gasteiger partial charge is 0.369 e. The van der Waals surface area contributed by atoms with Gasteiger partial charge in [0.15, 0.2) is 0 Å². The monoisotopic (exact) mass is 806 g/mol. The predicted octanol–water partition coefficient (Wildman–Crippen LogP) is 4.18. The maximum absolute atomic E-state index is 13.4. The Morgan fingerprint density at radius 1 is 0.862 bits per heavy atom. The molecule has 3 aromatic rings. The van der Waals surface area contributed by atoms with Crippen LogP contribution >= 0.6 is 11.6 Å². The first-order chi connectivity index (χ1) is 28.0. The highest BCUT2D eigenvalue weighted by Crippen LogP contribution is 2.32. The van der Waals surface area contributed by atoms with Crippen molar-refractivity contribution in [3.63, 3.8) is 0 Å². The van der Waals surface area contributed by atoms with E-state index >= 15 is 0 Å². The Bertz CT molecular complexity index is 2160. The quantitative estimate of drug-likeness (QED) is 0.329. The van der Waals surface area contributed by atoms with Gasteiger partial charge < -0.3 is 24.9 Å². The number of nitrogens with zero attached hydrogens (tertiary/aromatic N) is 8. The van der Waals surface area contributed by atoms with Crippen LogP contribution in [-0.2, 0) is 9.59 Å². The fraction of sp³-hybridized carbons (Fsp3) is 0.452. The molecule has 8 rings (SSSR count). The summed E-state index contributed by atoms with van der Waals surface area (Å²) in [5.41, 5.74) is 3.50. The Kier molecular flexibility index (Phi) is 11.0. The number of nitrogens with one attached hydrogen (secondary N) is 2. The molecule has 2 N–H and O–H groups in total. The van der Waals surface area contributed by atoms with E-state index in [1.807, 2.05) is 42.2 Å². The first-order valence-corrected chi connectivity index (χ1v) is 20.4. The lowest BCUT2D eigenvalue weighted by molar-refractivity contribution is -0.136. The third-order valence-electron chi connectivity index (χ3n) is 12.3. The number of halogens is 1. The van der Waals surface area contributed by atoms with E-state index in [2.05, 4.69) is 43.2 Å².